The third-order valence-corrected chi connectivity index (χ3v) is 2.44. The monoisotopic (exact) mass is 209 g/mol. The quantitative estimate of drug-likeness (QED) is 0.698. The number of rotatable bonds is 5. The second kappa shape index (κ2) is 5.37. The van der Waals surface area contributed by atoms with E-state index in [0.717, 1.165) is 19.8 Å². The van der Waals surface area contributed by atoms with E-state index in [0.29, 0.717) is 0 Å². The molecule has 0 spiro atoms. The van der Waals surface area contributed by atoms with Gasteiger partial charge in [0.2, 0.25) is 0 Å². The predicted molar refractivity (Wildman–Crippen MR) is 49.0 cm³/mol. The molecule has 0 bridgehead atoms. The fourth-order valence-corrected chi connectivity index (χ4v) is 1.92. The van der Waals surface area contributed by atoms with Gasteiger partial charge in [-0.2, -0.15) is 0 Å². The highest BCUT2D eigenvalue weighted by Crippen LogP contribution is 2.41. The Morgan fingerprint density at radius 2 is 2.15 bits per heavy atom. The Morgan fingerprint density at radius 1 is 1.62 bits per heavy atom. The van der Waals surface area contributed by atoms with E-state index in [1.54, 1.807) is 6.92 Å². The van der Waals surface area contributed by atoms with Crippen molar-refractivity contribution < 1.29 is 18.4 Å². The molecule has 6 heteroatoms. The Balaban J connectivity index is 4.01. The Kier molecular flexibility index (Phi) is 5.21. The zero-order valence-electron chi connectivity index (χ0n) is 8.15. The normalized spacial score (nSPS) is 17.5. The van der Waals surface area contributed by atoms with Crippen molar-refractivity contribution in [1.29, 1.82) is 0 Å². The molecular formula is C7H16NO4P. The number of nitrogens with two attached hydrogens (primary N) is 1. The molecule has 0 aromatic heterocycles. The number of hydrogen-bond acceptors (Lipinski definition) is 4. The van der Waals surface area contributed by atoms with Gasteiger partial charge in [-0.3, -0.25) is 9.32 Å². The van der Waals surface area contributed by atoms with Crippen LogP contribution in [0.2, 0.25) is 0 Å². The Labute approximate surface area is 78.2 Å². The maximum atomic E-state index is 11.2. The van der Waals surface area contributed by atoms with Crippen LogP contribution in [0.25, 0.3) is 0 Å². The molecule has 2 N–H and O–H groups in total. The summed E-state index contributed by atoms with van der Waals surface area (Å²) in [6.07, 6.45) is 1.35. The number of hydrogen-bond donors (Lipinski definition) is 1. The second-order valence-corrected chi connectivity index (χ2v) is 4.30. The lowest BCUT2D eigenvalue weighted by Crippen LogP contribution is -2.13. The molecule has 0 fully saturated rings. The van der Waals surface area contributed by atoms with Crippen molar-refractivity contribution in [3.63, 3.8) is 0 Å². The SMILES string of the molecule is CCCC(C)OP(N)(=O)OC(C)=O. The lowest BCUT2D eigenvalue weighted by Gasteiger charge is -2.16. The third kappa shape index (κ3) is 6.75. The van der Waals surface area contributed by atoms with Crippen LogP contribution in [0.3, 0.4) is 0 Å². The van der Waals surface area contributed by atoms with Gasteiger partial charge in [0.05, 0.1) is 6.10 Å². The summed E-state index contributed by atoms with van der Waals surface area (Å²) >= 11 is 0. The fraction of sp³-hybridized carbons (Fsp3) is 0.857. The Hall–Kier alpha value is -0.380. The van der Waals surface area contributed by atoms with Crippen LogP contribution < -0.4 is 5.50 Å². The van der Waals surface area contributed by atoms with Crippen LogP contribution in [0.15, 0.2) is 0 Å². The molecule has 0 radical (unpaired) electrons. The predicted octanol–water partition coefficient (Wildman–Crippen LogP) is 1.82. The van der Waals surface area contributed by atoms with E-state index in [1.165, 1.54) is 0 Å². The first-order valence-corrected chi connectivity index (χ1v) is 5.75. The second-order valence-electron chi connectivity index (χ2n) is 2.83. The van der Waals surface area contributed by atoms with Crippen molar-refractivity contribution >= 4 is 13.7 Å². The van der Waals surface area contributed by atoms with E-state index in [9.17, 15) is 9.36 Å². The van der Waals surface area contributed by atoms with Gasteiger partial charge in [0, 0.05) is 6.92 Å². The molecule has 0 amide bonds. The number of carbonyl (C=O) groups is 1. The summed E-state index contributed by atoms with van der Waals surface area (Å²) in [5.41, 5.74) is 5.14. The molecule has 0 rings (SSSR count). The van der Waals surface area contributed by atoms with Gasteiger partial charge in [-0.05, 0) is 13.3 Å². The molecule has 5 nitrogen and oxygen atoms in total. The minimum atomic E-state index is -3.68. The van der Waals surface area contributed by atoms with Crippen molar-refractivity contribution in [2.45, 2.75) is 39.7 Å². The first kappa shape index (κ1) is 12.6. The van der Waals surface area contributed by atoms with Gasteiger partial charge in [0.15, 0.2) is 0 Å². The summed E-state index contributed by atoms with van der Waals surface area (Å²) in [5, 5.41) is 0. The molecule has 0 saturated carbocycles. The van der Waals surface area contributed by atoms with Crippen LogP contribution in [0.1, 0.15) is 33.6 Å². The summed E-state index contributed by atoms with van der Waals surface area (Å²) in [6, 6.07) is 0. The largest absolute Gasteiger partial charge is 0.458 e. The van der Waals surface area contributed by atoms with E-state index in [-0.39, 0.29) is 6.10 Å². The van der Waals surface area contributed by atoms with Gasteiger partial charge < -0.3 is 4.52 Å². The summed E-state index contributed by atoms with van der Waals surface area (Å²) in [4.78, 5) is 10.4. The fourth-order valence-electron chi connectivity index (χ4n) is 0.911. The Bertz CT molecular complexity index is 219. The van der Waals surface area contributed by atoms with Crippen molar-refractivity contribution in [2.75, 3.05) is 0 Å². The molecule has 0 aliphatic rings. The summed E-state index contributed by atoms with van der Waals surface area (Å²) < 4.78 is 20.4. The summed E-state index contributed by atoms with van der Waals surface area (Å²) in [7, 11) is -3.68. The highest BCUT2D eigenvalue weighted by Gasteiger charge is 2.24. The molecule has 0 aliphatic heterocycles. The molecule has 0 saturated heterocycles. The van der Waals surface area contributed by atoms with Crippen LogP contribution >= 0.6 is 7.75 Å². The van der Waals surface area contributed by atoms with Gasteiger partial charge in [0.25, 0.3) is 0 Å². The van der Waals surface area contributed by atoms with Crippen molar-refractivity contribution in [3.05, 3.63) is 0 Å². The average Bonchev–Trinajstić information content (AvgIpc) is 1.81. The van der Waals surface area contributed by atoms with E-state index in [2.05, 4.69) is 4.52 Å². The average molecular weight is 209 g/mol. The molecule has 2 unspecified atom stereocenters. The smallest absolute Gasteiger partial charge is 0.380 e. The molecule has 0 aromatic rings. The molecule has 2 atom stereocenters. The van der Waals surface area contributed by atoms with Crippen LogP contribution in [0.4, 0.5) is 0 Å². The van der Waals surface area contributed by atoms with E-state index in [4.69, 9.17) is 10.0 Å². The first-order valence-electron chi connectivity index (χ1n) is 4.14. The molecule has 0 aliphatic carbocycles. The molecule has 0 heterocycles. The maximum absolute atomic E-state index is 11.2. The highest BCUT2D eigenvalue weighted by molar-refractivity contribution is 7.51. The van der Waals surface area contributed by atoms with Crippen molar-refractivity contribution in [1.82, 2.24) is 0 Å². The van der Waals surface area contributed by atoms with E-state index < -0.39 is 13.7 Å². The van der Waals surface area contributed by atoms with Crippen LogP contribution in [-0.4, -0.2) is 12.1 Å². The van der Waals surface area contributed by atoms with Gasteiger partial charge >= 0.3 is 13.7 Å². The van der Waals surface area contributed by atoms with Crippen LogP contribution in [0.5, 0.6) is 0 Å². The zero-order chi connectivity index (χ0) is 10.5. The Morgan fingerprint density at radius 3 is 2.54 bits per heavy atom. The van der Waals surface area contributed by atoms with Gasteiger partial charge in [-0.25, -0.2) is 10.1 Å². The van der Waals surface area contributed by atoms with Crippen LogP contribution in [-0.2, 0) is 18.4 Å². The van der Waals surface area contributed by atoms with E-state index >= 15 is 0 Å². The molecule has 78 valence electrons. The lowest BCUT2D eigenvalue weighted by atomic mass is 10.2. The van der Waals surface area contributed by atoms with Gasteiger partial charge in [-0.15, -0.1) is 0 Å². The maximum Gasteiger partial charge on any atom is 0.458 e. The first-order chi connectivity index (χ1) is 5.87. The highest BCUT2D eigenvalue weighted by atomic mass is 31.2. The van der Waals surface area contributed by atoms with E-state index in [1.807, 2.05) is 6.92 Å². The topological polar surface area (TPSA) is 78.6 Å². The third-order valence-electron chi connectivity index (χ3n) is 1.28. The molecule has 0 aromatic carbocycles. The molecular weight excluding hydrogens is 193 g/mol. The van der Waals surface area contributed by atoms with Crippen molar-refractivity contribution in [2.24, 2.45) is 5.50 Å². The zero-order valence-corrected chi connectivity index (χ0v) is 9.04. The van der Waals surface area contributed by atoms with Crippen LogP contribution in [0, 0.1) is 0 Å². The summed E-state index contributed by atoms with van der Waals surface area (Å²) in [6.45, 7) is 4.83. The summed E-state index contributed by atoms with van der Waals surface area (Å²) in [5.74, 6) is -0.700. The van der Waals surface area contributed by atoms with Crippen molar-refractivity contribution in [3.8, 4) is 0 Å². The minimum Gasteiger partial charge on any atom is -0.380 e. The standard InChI is InChI=1S/C7H16NO4P/c1-4-5-6(2)11-13(8,10)12-7(3)9/h6H,4-5H2,1-3H3,(H2,8,10). The lowest BCUT2D eigenvalue weighted by molar-refractivity contribution is -0.132. The minimum absolute atomic E-state index is 0.264. The van der Waals surface area contributed by atoms with Gasteiger partial charge in [-0.1, -0.05) is 13.3 Å². The van der Waals surface area contributed by atoms with Gasteiger partial charge in [0.1, 0.15) is 0 Å². The number of carbonyl (C=O) groups excluding carboxylic acids is 1. The molecule has 13 heavy (non-hydrogen) atoms.